The molecule has 2 saturated heterocycles. The highest BCUT2D eigenvalue weighted by molar-refractivity contribution is 7.53. The molecule has 26 heavy (non-hydrogen) atoms. The summed E-state index contributed by atoms with van der Waals surface area (Å²) in [6.45, 7) is 5.19. The topological polar surface area (TPSA) is 102 Å². The van der Waals surface area contributed by atoms with E-state index in [4.69, 9.17) is 18.5 Å². The SMILES string of the molecule is CN[PH](=O)OC[C@@H]1CN(P(=O)(OC[C@@H]2CNC[C@H](C)O2)N(C)C)CCO1. The third-order valence-electron chi connectivity index (χ3n) is 4.24. The number of morpholine rings is 2. The average molecular weight is 414 g/mol. The van der Waals surface area contributed by atoms with Gasteiger partial charge >= 0.3 is 7.67 Å². The zero-order chi connectivity index (χ0) is 19.2. The van der Waals surface area contributed by atoms with Gasteiger partial charge in [0.05, 0.1) is 38.1 Å². The fourth-order valence-electron chi connectivity index (χ4n) is 2.88. The van der Waals surface area contributed by atoms with Crippen LogP contribution in [0.15, 0.2) is 0 Å². The lowest BCUT2D eigenvalue weighted by Gasteiger charge is -2.40. The van der Waals surface area contributed by atoms with E-state index >= 15 is 0 Å². The minimum atomic E-state index is -3.21. The Morgan fingerprint density at radius 3 is 2.77 bits per heavy atom. The molecule has 2 N–H and O–H groups in total. The van der Waals surface area contributed by atoms with Crippen LogP contribution in [0.2, 0.25) is 0 Å². The normalized spacial score (nSPS) is 31.7. The Balaban J connectivity index is 1.93. The molecule has 2 aliphatic rings. The van der Waals surface area contributed by atoms with Gasteiger partial charge in [-0.3, -0.25) is 14.2 Å². The van der Waals surface area contributed by atoms with Crippen LogP contribution in [0.3, 0.4) is 0 Å². The smallest absolute Gasteiger partial charge is 0.345 e. The summed E-state index contributed by atoms with van der Waals surface area (Å²) in [7, 11) is -0.409. The third-order valence-corrected chi connectivity index (χ3v) is 7.65. The summed E-state index contributed by atoms with van der Waals surface area (Å²) >= 11 is 0. The van der Waals surface area contributed by atoms with Crippen molar-refractivity contribution in [3.63, 3.8) is 0 Å². The maximum absolute atomic E-state index is 13.5. The Kier molecular flexibility index (Phi) is 9.16. The number of rotatable bonds is 9. The largest absolute Gasteiger partial charge is 0.373 e. The predicted octanol–water partition coefficient (Wildman–Crippen LogP) is 0.376. The molecule has 0 bridgehead atoms. The van der Waals surface area contributed by atoms with Crippen molar-refractivity contribution in [3.8, 4) is 0 Å². The van der Waals surface area contributed by atoms with Crippen molar-refractivity contribution >= 4 is 15.8 Å². The van der Waals surface area contributed by atoms with Crippen molar-refractivity contribution in [3.05, 3.63) is 0 Å². The molecule has 0 amide bonds. The van der Waals surface area contributed by atoms with Crippen molar-refractivity contribution in [2.45, 2.75) is 25.2 Å². The summed E-state index contributed by atoms with van der Waals surface area (Å²) < 4.78 is 50.9. The molecule has 0 aliphatic carbocycles. The quantitative estimate of drug-likeness (QED) is 0.515. The molecule has 2 heterocycles. The van der Waals surface area contributed by atoms with Crippen LogP contribution in [0.4, 0.5) is 0 Å². The van der Waals surface area contributed by atoms with E-state index < -0.39 is 15.8 Å². The van der Waals surface area contributed by atoms with Crippen LogP contribution in [-0.2, 0) is 27.7 Å². The van der Waals surface area contributed by atoms with E-state index in [1.807, 2.05) is 6.92 Å². The van der Waals surface area contributed by atoms with Gasteiger partial charge in [0.2, 0.25) is 0 Å². The van der Waals surface area contributed by atoms with E-state index in [-0.39, 0.29) is 31.5 Å². The summed E-state index contributed by atoms with van der Waals surface area (Å²) in [6, 6.07) is 0. The van der Waals surface area contributed by atoms with E-state index in [1.54, 1.807) is 30.5 Å². The van der Waals surface area contributed by atoms with Gasteiger partial charge in [-0.05, 0) is 28.1 Å². The van der Waals surface area contributed by atoms with Gasteiger partial charge < -0.3 is 23.8 Å². The average Bonchev–Trinajstić information content (AvgIpc) is 2.64. The molecule has 0 aromatic rings. The lowest BCUT2D eigenvalue weighted by molar-refractivity contribution is -0.0543. The Hall–Kier alpha value is 0.140. The highest BCUT2D eigenvalue weighted by Gasteiger charge is 2.39. The molecular weight excluding hydrogens is 382 g/mol. The summed E-state index contributed by atoms with van der Waals surface area (Å²) in [5.74, 6) is 0. The predicted molar refractivity (Wildman–Crippen MR) is 99.8 cm³/mol. The number of nitrogens with zero attached hydrogens (tertiary/aromatic N) is 2. The van der Waals surface area contributed by atoms with Crippen LogP contribution in [0.5, 0.6) is 0 Å². The standard InChI is InChI=1S/C14H32N4O6P2/c1-12-7-16-8-13(24-12)11-23-26(20,17(3)4)18-5-6-21-14(9-18)10-22-25(19)15-2/h12-14,16,25H,5-11H2,1-4H3,(H,15,19)/t12-,13-,14-,26?/m0/s1. The summed E-state index contributed by atoms with van der Waals surface area (Å²) in [5, 5.41) is 5.85. The van der Waals surface area contributed by atoms with Crippen LogP contribution in [-0.4, -0.2) is 94.8 Å². The lowest BCUT2D eigenvalue weighted by atomic mass is 10.3. The fourth-order valence-corrected chi connectivity index (χ4v) is 5.34. The Bertz CT molecular complexity index is 512. The van der Waals surface area contributed by atoms with Crippen LogP contribution in [0, 0.1) is 0 Å². The minimum Gasteiger partial charge on any atom is -0.373 e. The van der Waals surface area contributed by atoms with Gasteiger partial charge in [0.15, 0.2) is 0 Å². The van der Waals surface area contributed by atoms with Crippen molar-refractivity contribution < 1.29 is 27.7 Å². The van der Waals surface area contributed by atoms with E-state index in [2.05, 4.69) is 10.4 Å². The van der Waals surface area contributed by atoms with E-state index in [0.29, 0.717) is 26.2 Å². The first-order valence-electron chi connectivity index (χ1n) is 8.85. The first-order valence-corrected chi connectivity index (χ1v) is 11.7. The highest BCUT2D eigenvalue weighted by atomic mass is 31.2. The van der Waals surface area contributed by atoms with E-state index in [0.717, 1.165) is 6.54 Å². The molecule has 0 spiro atoms. The molecular formula is C14H32N4O6P2. The number of nitrogens with one attached hydrogen (secondary N) is 2. The molecule has 2 rings (SSSR count). The highest BCUT2D eigenvalue weighted by Crippen LogP contribution is 2.53. The second-order valence-corrected chi connectivity index (χ2v) is 10.6. The van der Waals surface area contributed by atoms with Crippen molar-refractivity contribution in [2.75, 3.05) is 67.1 Å². The Morgan fingerprint density at radius 1 is 1.35 bits per heavy atom. The minimum absolute atomic E-state index is 0.108. The van der Waals surface area contributed by atoms with Gasteiger partial charge in [-0.25, -0.2) is 9.34 Å². The fraction of sp³-hybridized carbons (Fsp3) is 1.00. The van der Waals surface area contributed by atoms with Crippen LogP contribution in [0.25, 0.3) is 0 Å². The molecule has 5 atom stereocenters. The van der Waals surface area contributed by atoms with Crippen molar-refractivity contribution in [2.24, 2.45) is 0 Å². The number of hydrogen-bond donors (Lipinski definition) is 2. The van der Waals surface area contributed by atoms with Crippen LogP contribution in [0.1, 0.15) is 6.92 Å². The van der Waals surface area contributed by atoms with Crippen molar-refractivity contribution in [1.29, 1.82) is 0 Å². The molecule has 0 saturated carbocycles. The Labute approximate surface area is 156 Å². The molecule has 0 aromatic heterocycles. The maximum atomic E-state index is 13.5. The van der Waals surface area contributed by atoms with Gasteiger partial charge in [-0.2, -0.15) is 0 Å². The van der Waals surface area contributed by atoms with Crippen molar-refractivity contribution in [1.82, 2.24) is 19.7 Å². The second kappa shape index (κ2) is 10.6. The van der Waals surface area contributed by atoms with Gasteiger partial charge in [0.1, 0.15) is 0 Å². The number of ether oxygens (including phenoxy) is 2. The Morgan fingerprint density at radius 2 is 2.12 bits per heavy atom. The lowest BCUT2D eigenvalue weighted by Crippen LogP contribution is -2.47. The van der Waals surface area contributed by atoms with Crippen LogP contribution >= 0.6 is 15.8 Å². The second-order valence-electron chi connectivity index (χ2n) is 6.61. The van der Waals surface area contributed by atoms with Gasteiger partial charge in [-0.1, -0.05) is 0 Å². The monoisotopic (exact) mass is 414 g/mol. The van der Waals surface area contributed by atoms with E-state index in [9.17, 15) is 9.13 Å². The van der Waals surface area contributed by atoms with Gasteiger partial charge in [-0.15, -0.1) is 0 Å². The molecule has 2 aliphatic heterocycles. The maximum Gasteiger partial charge on any atom is 0.345 e. The van der Waals surface area contributed by atoms with Crippen LogP contribution < -0.4 is 10.4 Å². The third kappa shape index (κ3) is 6.34. The molecule has 10 nitrogen and oxygen atoms in total. The molecule has 2 fully saturated rings. The molecule has 0 aromatic carbocycles. The van der Waals surface area contributed by atoms with Gasteiger partial charge in [0, 0.05) is 26.2 Å². The first-order chi connectivity index (χ1) is 12.3. The molecule has 2 unspecified atom stereocenters. The summed E-state index contributed by atoms with van der Waals surface area (Å²) in [4.78, 5) is 0. The molecule has 0 radical (unpaired) electrons. The summed E-state index contributed by atoms with van der Waals surface area (Å²) in [6.07, 6.45) is -0.333. The zero-order valence-electron chi connectivity index (χ0n) is 16.0. The van der Waals surface area contributed by atoms with E-state index in [1.165, 1.54) is 0 Å². The summed E-state index contributed by atoms with van der Waals surface area (Å²) in [5.41, 5.74) is 0. The van der Waals surface area contributed by atoms with Gasteiger partial charge in [0.25, 0.3) is 8.18 Å². The zero-order valence-corrected chi connectivity index (χ0v) is 17.9. The first kappa shape index (κ1) is 22.4. The molecule has 12 heteroatoms. The number of hydrogen-bond acceptors (Lipinski definition) is 7. The molecule has 154 valence electrons.